The lowest BCUT2D eigenvalue weighted by atomic mass is 9.71. The van der Waals surface area contributed by atoms with E-state index in [4.69, 9.17) is 0 Å². The molecule has 2 rings (SSSR count). The topological polar surface area (TPSA) is 9.23 Å². The van der Waals surface area contributed by atoms with Gasteiger partial charge in [0, 0.05) is 12.0 Å². The Labute approximate surface area is 131 Å². The minimum absolute atomic E-state index is 0.499. The van der Waals surface area contributed by atoms with E-state index in [1.165, 1.54) is 6.42 Å². The molecule has 0 saturated carbocycles. The lowest BCUT2D eigenvalue weighted by molar-refractivity contribution is -0.298. The fourth-order valence-corrected chi connectivity index (χ4v) is 2.35. The van der Waals surface area contributed by atoms with Gasteiger partial charge in [0.1, 0.15) is 11.2 Å². The van der Waals surface area contributed by atoms with Crippen LogP contribution in [0.5, 0.6) is 5.75 Å². The van der Waals surface area contributed by atoms with Crippen LogP contribution in [0.25, 0.3) is 0 Å². The monoisotopic (exact) mass is 357 g/mol. The van der Waals surface area contributed by atoms with Gasteiger partial charge in [0.2, 0.25) is 0 Å². The molecule has 24 heavy (non-hydrogen) atoms. The van der Waals surface area contributed by atoms with E-state index < -0.39 is 35.2 Å². The quantitative estimate of drug-likeness (QED) is 0.663. The normalized spacial score (nSPS) is 17.8. The molecule has 0 N–H and O–H groups in total. The van der Waals surface area contributed by atoms with Crippen LogP contribution >= 0.6 is 0 Å². The molecule has 0 unspecified atom stereocenters. The van der Waals surface area contributed by atoms with E-state index >= 15 is 0 Å². The molecule has 0 bridgehead atoms. The zero-order valence-electron chi connectivity index (χ0n) is 11.6. The lowest BCUT2D eigenvalue weighted by Gasteiger charge is -2.39. The highest BCUT2D eigenvalue weighted by Gasteiger charge is 2.69. The Bertz CT molecular complexity index is 642. The SMILES string of the molecule is FC(F)(F)Oc1ccccc1C1(C(F)(F)C(F)(F)F)C=C[CH]C=C1. The number of hydrogen-bond acceptors (Lipinski definition) is 1. The van der Waals surface area contributed by atoms with E-state index in [0.29, 0.717) is 18.2 Å². The molecule has 0 aliphatic heterocycles. The number of allylic oxidation sites excluding steroid dienone is 4. The van der Waals surface area contributed by atoms with Crippen molar-refractivity contribution in [2.45, 2.75) is 23.9 Å². The van der Waals surface area contributed by atoms with E-state index in [-0.39, 0.29) is 0 Å². The molecule has 1 aliphatic rings. The Kier molecular flexibility index (Phi) is 4.41. The number of ether oxygens (including phenoxy) is 1. The van der Waals surface area contributed by atoms with Crippen molar-refractivity contribution in [1.29, 1.82) is 0 Å². The summed E-state index contributed by atoms with van der Waals surface area (Å²) in [5.74, 6) is -6.50. The standard InChI is InChI=1S/C15H9F8O/c16-13(17,14(18,19)20)12(8-4-1-5-9-12)10-6-2-3-7-11(10)24-15(21,22)23/h1-9H. The van der Waals surface area contributed by atoms with Gasteiger partial charge in [-0.15, -0.1) is 13.2 Å². The third-order valence-corrected chi connectivity index (χ3v) is 3.37. The summed E-state index contributed by atoms with van der Waals surface area (Å²) in [6, 6.07) is 3.50. The highest BCUT2D eigenvalue weighted by atomic mass is 19.4. The Morgan fingerprint density at radius 2 is 1.33 bits per heavy atom. The fraction of sp³-hybridized carbons (Fsp3) is 0.267. The zero-order chi connectivity index (χ0) is 18.2. The van der Waals surface area contributed by atoms with Crippen LogP contribution in [0.15, 0.2) is 48.6 Å². The maximum atomic E-state index is 14.2. The Hall–Kier alpha value is -2.06. The van der Waals surface area contributed by atoms with Crippen molar-refractivity contribution in [2.75, 3.05) is 0 Å². The fourth-order valence-electron chi connectivity index (χ4n) is 2.35. The average Bonchev–Trinajstić information content (AvgIpc) is 2.45. The van der Waals surface area contributed by atoms with Crippen LogP contribution in [-0.4, -0.2) is 18.5 Å². The number of alkyl halides is 8. The second kappa shape index (κ2) is 5.78. The summed E-state index contributed by atoms with van der Waals surface area (Å²) in [4.78, 5) is 0. The van der Waals surface area contributed by atoms with Crippen LogP contribution in [-0.2, 0) is 5.41 Å². The van der Waals surface area contributed by atoms with Crippen molar-refractivity contribution < 1.29 is 39.9 Å². The first-order chi connectivity index (χ1) is 10.9. The number of benzene rings is 1. The minimum Gasteiger partial charge on any atom is -0.405 e. The van der Waals surface area contributed by atoms with Gasteiger partial charge in [0.05, 0.1) is 0 Å². The zero-order valence-corrected chi connectivity index (χ0v) is 11.6. The number of halogens is 8. The van der Waals surface area contributed by atoms with Gasteiger partial charge in [-0.2, -0.15) is 22.0 Å². The first-order valence-corrected chi connectivity index (χ1v) is 6.41. The molecule has 9 heteroatoms. The largest absolute Gasteiger partial charge is 0.573 e. The first kappa shape index (κ1) is 18.3. The van der Waals surface area contributed by atoms with E-state index in [9.17, 15) is 35.1 Å². The number of para-hydroxylation sites is 1. The van der Waals surface area contributed by atoms with Crippen LogP contribution in [0.1, 0.15) is 5.56 Å². The van der Waals surface area contributed by atoms with Crippen molar-refractivity contribution in [2.24, 2.45) is 0 Å². The summed E-state index contributed by atoms with van der Waals surface area (Å²) in [5.41, 5.74) is -4.12. The highest BCUT2D eigenvalue weighted by Crippen LogP contribution is 2.54. The van der Waals surface area contributed by atoms with Gasteiger partial charge in [0.15, 0.2) is 0 Å². The maximum absolute atomic E-state index is 14.2. The summed E-state index contributed by atoms with van der Waals surface area (Å²) in [7, 11) is 0. The van der Waals surface area contributed by atoms with Gasteiger partial charge in [-0.05, 0) is 6.07 Å². The molecule has 0 aromatic heterocycles. The Balaban J connectivity index is 2.70. The first-order valence-electron chi connectivity index (χ1n) is 6.41. The summed E-state index contributed by atoms with van der Waals surface area (Å²) >= 11 is 0. The number of hydrogen-bond donors (Lipinski definition) is 0. The average molecular weight is 357 g/mol. The molecule has 0 heterocycles. The molecule has 0 saturated heterocycles. The van der Waals surface area contributed by atoms with Crippen molar-refractivity contribution in [3.8, 4) is 5.75 Å². The lowest BCUT2D eigenvalue weighted by Crippen LogP contribution is -2.53. The van der Waals surface area contributed by atoms with E-state index in [0.717, 1.165) is 30.4 Å². The molecule has 1 aromatic rings. The summed E-state index contributed by atoms with van der Waals surface area (Å²) in [6.45, 7) is 0. The second-order valence-electron chi connectivity index (χ2n) is 4.90. The molecular formula is C15H9F8O. The predicted molar refractivity (Wildman–Crippen MR) is 68.4 cm³/mol. The molecule has 1 nitrogen and oxygen atoms in total. The van der Waals surface area contributed by atoms with Crippen LogP contribution in [0, 0.1) is 6.42 Å². The molecule has 0 amide bonds. The predicted octanol–water partition coefficient (Wildman–Crippen LogP) is 5.35. The van der Waals surface area contributed by atoms with Crippen molar-refractivity contribution in [3.63, 3.8) is 0 Å². The molecule has 1 aliphatic carbocycles. The molecular weight excluding hydrogens is 348 g/mol. The van der Waals surface area contributed by atoms with Gasteiger partial charge >= 0.3 is 18.5 Å². The molecule has 0 spiro atoms. The number of rotatable bonds is 3. The molecule has 1 radical (unpaired) electrons. The van der Waals surface area contributed by atoms with Crippen molar-refractivity contribution in [1.82, 2.24) is 0 Å². The Morgan fingerprint density at radius 3 is 1.83 bits per heavy atom. The molecule has 131 valence electrons. The smallest absolute Gasteiger partial charge is 0.405 e. The highest BCUT2D eigenvalue weighted by molar-refractivity contribution is 5.52. The minimum atomic E-state index is -6.00. The van der Waals surface area contributed by atoms with Gasteiger partial charge in [-0.1, -0.05) is 42.5 Å². The van der Waals surface area contributed by atoms with Gasteiger partial charge in [-0.3, -0.25) is 0 Å². The van der Waals surface area contributed by atoms with Gasteiger partial charge in [-0.25, -0.2) is 0 Å². The summed E-state index contributed by atoms with van der Waals surface area (Å²) in [6.07, 6.45) is -7.26. The molecule has 0 fully saturated rings. The summed E-state index contributed by atoms with van der Waals surface area (Å²) < 4.78 is 108. The van der Waals surface area contributed by atoms with Crippen LogP contribution in [0.3, 0.4) is 0 Å². The van der Waals surface area contributed by atoms with E-state index in [1.54, 1.807) is 0 Å². The Morgan fingerprint density at radius 1 is 0.792 bits per heavy atom. The summed E-state index contributed by atoms with van der Waals surface area (Å²) in [5, 5.41) is 0. The van der Waals surface area contributed by atoms with Crippen molar-refractivity contribution >= 4 is 0 Å². The molecule has 1 aromatic carbocycles. The van der Waals surface area contributed by atoms with Crippen LogP contribution in [0.4, 0.5) is 35.1 Å². The van der Waals surface area contributed by atoms with E-state index in [2.05, 4.69) is 4.74 Å². The van der Waals surface area contributed by atoms with Crippen LogP contribution in [0.2, 0.25) is 0 Å². The van der Waals surface area contributed by atoms with E-state index in [1.807, 2.05) is 0 Å². The maximum Gasteiger partial charge on any atom is 0.573 e. The van der Waals surface area contributed by atoms with Gasteiger partial charge in [0.25, 0.3) is 0 Å². The third-order valence-electron chi connectivity index (χ3n) is 3.37. The van der Waals surface area contributed by atoms with Crippen LogP contribution < -0.4 is 4.74 Å². The van der Waals surface area contributed by atoms with Crippen molar-refractivity contribution in [3.05, 3.63) is 60.6 Å². The van der Waals surface area contributed by atoms with Gasteiger partial charge < -0.3 is 4.74 Å². The third kappa shape index (κ3) is 3.11. The second-order valence-corrected chi connectivity index (χ2v) is 4.90. The molecule has 0 atom stereocenters.